The number of nitrogens with one attached hydrogen (secondary N) is 1. The fourth-order valence-electron chi connectivity index (χ4n) is 1.41. The predicted octanol–water partition coefficient (Wildman–Crippen LogP) is 2.89. The number of carbonyl (C=O) groups is 2. The third kappa shape index (κ3) is 4.82. The van der Waals surface area contributed by atoms with Crippen LogP contribution in [0.2, 0.25) is 0 Å². The van der Waals surface area contributed by atoms with E-state index in [9.17, 15) is 13.6 Å². The highest BCUT2D eigenvalue weighted by Crippen LogP contribution is 2.22. The Labute approximate surface area is 124 Å². The van der Waals surface area contributed by atoms with E-state index in [1.807, 2.05) is 0 Å². The minimum absolute atomic E-state index is 0.0468. The van der Waals surface area contributed by atoms with Gasteiger partial charge in [0, 0.05) is 13.1 Å². The van der Waals surface area contributed by atoms with Gasteiger partial charge in [0.25, 0.3) is 5.97 Å². The van der Waals surface area contributed by atoms with Crippen LogP contribution in [-0.4, -0.2) is 27.1 Å². The topological polar surface area (TPSA) is 99.5 Å². The molecule has 1 aromatic carbocycles. The van der Waals surface area contributed by atoms with Crippen molar-refractivity contribution in [1.29, 1.82) is 0 Å². The molecule has 2 aromatic rings. The number of benzene rings is 1. The molecular formula is C14H12F2N2O4. The number of carboxylic acids is 2. The summed E-state index contributed by atoms with van der Waals surface area (Å²) >= 11 is 0. The third-order valence-corrected chi connectivity index (χ3v) is 2.24. The number of aromatic nitrogens is 1. The maximum atomic E-state index is 13.4. The molecule has 8 heteroatoms. The highest BCUT2D eigenvalue weighted by atomic mass is 19.2. The number of rotatable bonds is 3. The molecule has 0 unspecified atom stereocenters. The lowest BCUT2D eigenvalue weighted by atomic mass is 10.2. The molecule has 0 saturated heterocycles. The molecule has 0 fully saturated rings. The molecule has 1 aromatic heterocycles. The van der Waals surface area contributed by atoms with E-state index in [0.29, 0.717) is 0 Å². The van der Waals surface area contributed by atoms with Crippen molar-refractivity contribution in [2.45, 2.75) is 6.92 Å². The van der Waals surface area contributed by atoms with Gasteiger partial charge in [0.2, 0.25) is 0 Å². The van der Waals surface area contributed by atoms with Gasteiger partial charge in [-0.1, -0.05) is 6.07 Å². The van der Waals surface area contributed by atoms with E-state index in [1.165, 1.54) is 30.5 Å². The monoisotopic (exact) mass is 310 g/mol. The minimum Gasteiger partial charge on any atom is -0.481 e. The Morgan fingerprint density at radius 2 is 1.77 bits per heavy atom. The van der Waals surface area contributed by atoms with Gasteiger partial charge >= 0.3 is 5.97 Å². The Morgan fingerprint density at radius 3 is 2.36 bits per heavy atom. The van der Waals surface area contributed by atoms with E-state index in [2.05, 4.69) is 10.3 Å². The van der Waals surface area contributed by atoms with Crippen LogP contribution in [0.15, 0.2) is 36.5 Å². The Morgan fingerprint density at radius 1 is 1.14 bits per heavy atom. The smallest absolute Gasteiger partial charge is 0.339 e. The van der Waals surface area contributed by atoms with Crippen LogP contribution in [0.5, 0.6) is 0 Å². The maximum absolute atomic E-state index is 13.4. The molecule has 0 atom stereocenters. The summed E-state index contributed by atoms with van der Waals surface area (Å²) in [6.07, 6.45) is 1.35. The van der Waals surface area contributed by atoms with Crippen LogP contribution in [0.3, 0.4) is 0 Å². The second-order valence-electron chi connectivity index (χ2n) is 3.95. The van der Waals surface area contributed by atoms with E-state index >= 15 is 0 Å². The second kappa shape index (κ2) is 7.67. The van der Waals surface area contributed by atoms with Crippen LogP contribution < -0.4 is 5.32 Å². The molecule has 6 nitrogen and oxygen atoms in total. The van der Waals surface area contributed by atoms with Crippen LogP contribution in [0.4, 0.5) is 20.3 Å². The number of aromatic carboxylic acids is 1. The molecular weight excluding hydrogens is 298 g/mol. The Bertz CT molecular complexity index is 688. The van der Waals surface area contributed by atoms with Crippen LogP contribution in [0.1, 0.15) is 17.3 Å². The average molecular weight is 310 g/mol. The van der Waals surface area contributed by atoms with Crippen molar-refractivity contribution in [3.05, 3.63) is 53.7 Å². The van der Waals surface area contributed by atoms with Crippen LogP contribution in [0, 0.1) is 11.6 Å². The summed E-state index contributed by atoms with van der Waals surface area (Å²) in [5.74, 6) is -4.19. The third-order valence-electron chi connectivity index (χ3n) is 2.24. The summed E-state index contributed by atoms with van der Waals surface area (Å²) in [6, 6.07) is 6.32. The molecule has 2 rings (SSSR count). The van der Waals surface area contributed by atoms with E-state index in [0.717, 1.165) is 13.0 Å². The molecule has 0 saturated carbocycles. The fourth-order valence-corrected chi connectivity index (χ4v) is 1.41. The Kier molecular flexibility index (Phi) is 5.94. The Hall–Kier alpha value is -3.03. The number of hydrogen-bond acceptors (Lipinski definition) is 4. The van der Waals surface area contributed by atoms with E-state index in [-0.39, 0.29) is 17.1 Å². The van der Waals surface area contributed by atoms with E-state index in [4.69, 9.17) is 15.0 Å². The first-order valence-corrected chi connectivity index (χ1v) is 5.91. The van der Waals surface area contributed by atoms with Crippen molar-refractivity contribution < 1.29 is 28.6 Å². The molecule has 3 N–H and O–H groups in total. The van der Waals surface area contributed by atoms with Gasteiger partial charge in [-0.2, -0.15) is 0 Å². The van der Waals surface area contributed by atoms with Crippen molar-refractivity contribution in [3.8, 4) is 0 Å². The number of pyridine rings is 1. The molecule has 1 heterocycles. The number of hydrogen-bond donors (Lipinski definition) is 3. The van der Waals surface area contributed by atoms with Crippen molar-refractivity contribution in [2.24, 2.45) is 0 Å². The maximum Gasteiger partial charge on any atom is 0.339 e. The normalized spacial score (nSPS) is 9.41. The van der Waals surface area contributed by atoms with E-state index < -0.39 is 23.6 Å². The quantitative estimate of drug-likeness (QED) is 0.806. The molecule has 0 bridgehead atoms. The number of aliphatic carboxylic acids is 1. The molecule has 0 amide bonds. The molecule has 0 radical (unpaired) electrons. The molecule has 0 aliphatic carbocycles. The first-order chi connectivity index (χ1) is 10.3. The van der Waals surface area contributed by atoms with Gasteiger partial charge in [-0.15, -0.1) is 0 Å². The van der Waals surface area contributed by atoms with Gasteiger partial charge in [0.05, 0.1) is 5.69 Å². The Balaban J connectivity index is 0.000000541. The average Bonchev–Trinajstić information content (AvgIpc) is 2.43. The molecule has 0 aliphatic rings. The SMILES string of the molecule is CC(=O)O.O=C(O)c1cccnc1Nc1cccc(F)c1F. The number of carboxylic acid groups (broad SMARTS) is 2. The first-order valence-electron chi connectivity index (χ1n) is 5.91. The number of anilines is 2. The van der Waals surface area contributed by atoms with Gasteiger partial charge in [-0.25, -0.2) is 18.6 Å². The van der Waals surface area contributed by atoms with E-state index in [1.54, 1.807) is 0 Å². The minimum atomic E-state index is -1.21. The summed E-state index contributed by atoms with van der Waals surface area (Å²) < 4.78 is 26.4. The highest BCUT2D eigenvalue weighted by Gasteiger charge is 2.13. The summed E-state index contributed by atoms with van der Waals surface area (Å²) in [4.78, 5) is 23.7. The van der Waals surface area contributed by atoms with Crippen molar-refractivity contribution in [1.82, 2.24) is 4.98 Å². The summed E-state index contributed by atoms with van der Waals surface area (Å²) in [5, 5.41) is 18.8. The predicted molar refractivity (Wildman–Crippen MR) is 74.1 cm³/mol. The largest absolute Gasteiger partial charge is 0.481 e. The second-order valence-corrected chi connectivity index (χ2v) is 3.95. The highest BCUT2D eigenvalue weighted by molar-refractivity contribution is 5.93. The van der Waals surface area contributed by atoms with Gasteiger partial charge in [0.15, 0.2) is 11.6 Å². The van der Waals surface area contributed by atoms with Crippen molar-refractivity contribution in [3.63, 3.8) is 0 Å². The van der Waals surface area contributed by atoms with Crippen molar-refractivity contribution in [2.75, 3.05) is 5.32 Å². The molecule has 22 heavy (non-hydrogen) atoms. The van der Waals surface area contributed by atoms with Crippen LogP contribution in [0.25, 0.3) is 0 Å². The van der Waals surface area contributed by atoms with Gasteiger partial charge in [-0.3, -0.25) is 4.79 Å². The summed E-state index contributed by atoms with van der Waals surface area (Å²) in [5.41, 5.74) is -0.294. The zero-order valence-corrected chi connectivity index (χ0v) is 11.4. The van der Waals surface area contributed by atoms with Gasteiger partial charge in [-0.05, 0) is 24.3 Å². The molecule has 0 spiro atoms. The standard InChI is InChI=1S/C12H8F2N2O2.C2H4O2/c13-8-4-1-5-9(10(8)14)16-11-7(12(17)18)3-2-6-15-11;1-2(3)4/h1-6H,(H,15,16)(H,17,18);1H3,(H,3,4). The lowest BCUT2D eigenvalue weighted by molar-refractivity contribution is -0.134. The molecule has 0 aliphatic heterocycles. The summed E-state index contributed by atoms with van der Waals surface area (Å²) in [6.45, 7) is 1.08. The first kappa shape index (κ1) is 17.0. The van der Waals surface area contributed by atoms with Gasteiger partial charge in [0.1, 0.15) is 11.4 Å². The zero-order valence-electron chi connectivity index (χ0n) is 11.4. The lowest BCUT2D eigenvalue weighted by Crippen LogP contribution is -2.05. The zero-order chi connectivity index (χ0) is 16.7. The lowest BCUT2D eigenvalue weighted by Gasteiger charge is -2.09. The number of nitrogens with zero attached hydrogens (tertiary/aromatic N) is 1. The molecule has 116 valence electrons. The van der Waals surface area contributed by atoms with Gasteiger partial charge < -0.3 is 15.5 Å². The van der Waals surface area contributed by atoms with Crippen LogP contribution in [-0.2, 0) is 4.79 Å². The summed E-state index contributed by atoms with van der Waals surface area (Å²) in [7, 11) is 0. The van der Waals surface area contributed by atoms with Crippen LogP contribution >= 0.6 is 0 Å². The fraction of sp³-hybridized carbons (Fsp3) is 0.0714. The van der Waals surface area contributed by atoms with Crippen molar-refractivity contribution >= 4 is 23.4 Å². The number of halogens is 2.